The van der Waals surface area contributed by atoms with Crippen LogP contribution in [0.1, 0.15) is 5.56 Å². The van der Waals surface area contributed by atoms with E-state index in [2.05, 4.69) is 0 Å². The number of hydrogen-bond acceptors (Lipinski definition) is 3. The summed E-state index contributed by atoms with van der Waals surface area (Å²) < 4.78 is 10.6. The summed E-state index contributed by atoms with van der Waals surface area (Å²) in [4.78, 5) is 11.3. The van der Waals surface area contributed by atoms with Crippen LogP contribution in [-0.2, 0) is 11.2 Å². The molecule has 2 rings (SSSR count). The van der Waals surface area contributed by atoms with Crippen molar-refractivity contribution in [2.45, 2.75) is 12.5 Å². The second kappa shape index (κ2) is 6.99. The molecule has 0 heterocycles. The minimum Gasteiger partial charge on any atom is -0.497 e. The molecule has 0 fully saturated rings. The van der Waals surface area contributed by atoms with E-state index >= 15 is 0 Å². The monoisotopic (exact) mass is 306 g/mol. The Hall–Kier alpha value is -2.20. The lowest BCUT2D eigenvalue weighted by atomic mass is 10.1. The van der Waals surface area contributed by atoms with Crippen molar-refractivity contribution in [3.8, 4) is 11.5 Å². The van der Waals surface area contributed by atoms with Crippen LogP contribution >= 0.6 is 11.6 Å². The minimum atomic E-state index is -1.02. The average molecular weight is 307 g/mol. The zero-order valence-corrected chi connectivity index (χ0v) is 12.2. The summed E-state index contributed by atoms with van der Waals surface area (Å²) >= 11 is 5.79. The van der Waals surface area contributed by atoms with Crippen molar-refractivity contribution >= 4 is 17.6 Å². The van der Waals surface area contributed by atoms with Gasteiger partial charge in [-0.05, 0) is 42.0 Å². The zero-order valence-electron chi connectivity index (χ0n) is 11.5. The Labute approximate surface area is 127 Å². The SMILES string of the molecule is COc1cccc(C[C@H](Oc2ccc(Cl)cc2)C(=O)O)c1. The number of halogens is 1. The fourth-order valence-corrected chi connectivity index (χ4v) is 2.00. The van der Waals surface area contributed by atoms with E-state index in [4.69, 9.17) is 21.1 Å². The standard InChI is InChI=1S/C16H15ClO4/c1-20-14-4-2-3-11(9-14)10-15(16(18)19)21-13-7-5-12(17)6-8-13/h2-9,15H,10H2,1H3,(H,18,19)/t15-/m0/s1. The maximum absolute atomic E-state index is 11.3. The lowest BCUT2D eigenvalue weighted by Gasteiger charge is -2.15. The highest BCUT2D eigenvalue weighted by Gasteiger charge is 2.20. The predicted octanol–water partition coefficient (Wildman–Crippen LogP) is 3.42. The van der Waals surface area contributed by atoms with Gasteiger partial charge in [-0.2, -0.15) is 0 Å². The van der Waals surface area contributed by atoms with Gasteiger partial charge in [0.25, 0.3) is 0 Å². The lowest BCUT2D eigenvalue weighted by molar-refractivity contribution is -0.145. The van der Waals surface area contributed by atoms with Gasteiger partial charge in [-0.1, -0.05) is 23.7 Å². The maximum Gasteiger partial charge on any atom is 0.345 e. The molecule has 0 saturated carbocycles. The molecule has 0 saturated heterocycles. The van der Waals surface area contributed by atoms with Crippen molar-refractivity contribution in [1.82, 2.24) is 0 Å². The first kappa shape index (κ1) is 15.2. The molecule has 0 aromatic heterocycles. The summed E-state index contributed by atoms with van der Waals surface area (Å²) in [6.07, 6.45) is -0.729. The number of benzene rings is 2. The topological polar surface area (TPSA) is 55.8 Å². The van der Waals surface area contributed by atoms with Crippen molar-refractivity contribution in [3.63, 3.8) is 0 Å². The Kier molecular flexibility index (Phi) is 5.06. The second-order valence-corrected chi connectivity index (χ2v) is 4.89. The third-order valence-electron chi connectivity index (χ3n) is 2.92. The summed E-state index contributed by atoms with van der Waals surface area (Å²) in [5.74, 6) is 0.130. The molecule has 1 atom stereocenters. The van der Waals surface area contributed by atoms with Crippen LogP contribution in [-0.4, -0.2) is 24.3 Å². The summed E-state index contributed by atoms with van der Waals surface area (Å²) in [5, 5.41) is 9.87. The lowest BCUT2D eigenvalue weighted by Crippen LogP contribution is -2.29. The first-order chi connectivity index (χ1) is 10.1. The number of aliphatic carboxylic acids is 1. The number of carboxylic acids is 1. The van der Waals surface area contributed by atoms with Crippen molar-refractivity contribution in [1.29, 1.82) is 0 Å². The number of ether oxygens (including phenoxy) is 2. The van der Waals surface area contributed by atoms with Gasteiger partial charge in [-0.25, -0.2) is 4.79 Å². The van der Waals surface area contributed by atoms with Gasteiger partial charge >= 0.3 is 5.97 Å². The molecule has 0 bridgehead atoms. The molecular formula is C16H15ClO4. The van der Waals surface area contributed by atoms with Gasteiger partial charge in [0, 0.05) is 11.4 Å². The molecule has 0 radical (unpaired) electrons. The molecule has 1 N–H and O–H groups in total. The van der Waals surface area contributed by atoms with Crippen LogP contribution in [0.4, 0.5) is 0 Å². The Balaban J connectivity index is 2.11. The van der Waals surface area contributed by atoms with Crippen LogP contribution in [0.25, 0.3) is 0 Å². The van der Waals surface area contributed by atoms with E-state index in [1.807, 2.05) is 12.1 Å². The molecule has 21 heavy (non-hydrogen) atoms. The third-order valence-corrected chi connectivity index (χ3v) is 3.17. The van der Waals surface area contributed by atoms with Crippen LogP contribution < -0.4 is 9.47 Å². The fraction of sp³-hybridized carbons (Fsp3) is 0.188. The molecule has 2 aromatic rings. The van der Waals surface area contributed by atoms with Crippen molar-refractivity contribution in [2.75, 3.05) is 7.11 Å². The molecule has 5 heteroatoms. The van der Waals surface area contributed by atoms with E-state index in [-0.39, 0.29) is 6.42 Å². The number of hydrogen-bond donors (Lipinski definition) is 1. The molecule has 2 aromatic carbocycles. The largest absolute Gasteiger partial charge is 0.497 e. The minimum absolute atomic E-state index is 0.245. The number of carboxylic acid groups (broad SMARTS) is 1. The van der Waals surface area contributed by atoms with E-state index in [1.165, 1.54) is 0 Å². The van der Waals surface area contributed by atoms with E-state index in [0.29, 0.717) is 16.5 Å². The third kappa shape index (κ3) is 4.39. The fourth-order valence-electron chi connectivity index (χ4n) is 1.87. The molecule has 4 nitrogen and oxygen atoms in total. The Morgan fingerprint density at radius 1 is 1.19 bits per heavy atom. The molecule has 0 aliphatic rings. The smallest absolute Gasteiger partial charge is 0.345 e. The summed E-state index contributed by atoms with van der Waals surface area (Å²) in [6.45, 7) is 0. The molecular weight excluding hydrogens is 292 g/mol. The normalized spacial score (nSPS) is 11.7. The second-order valence-electron chi connectivity index (χ2n) is 4.45. The number of carbonyl (C=O) groups is 1. The first-order valence-corrected chi connectivity index (χ1v) is 6.74. The van der Waals surface area contributed by atoms with E-state index in [1.54, 1.807) is 43.5 Å². The van der Waals surface area contributed by atoms with Crippen molar-refractivity contribution in [3.05, 3.63) is 59.1 Å². The molecule has 0 unspecified atom stereocenters. The zero-order chi connectivity index (χ0) is 15.2. The van der Waals surface area contributed by atoms with Crippen LogP contribution in [0.15, 0.2) is 48.5 Å². The molecule has 110 valence electrons. The molecule has 0 amide bonds. The Bertz CT molecular complexity index is 610. The highest BCUT2D eigenvalue weighted by molar-refractivity contribution is 6.30. The summed E-state index contributed by atoms with van der Waals surface area (Å²) in [7, 11) is 1.57. The van der Waals surface area contributed by atoms with Gasteiger partial charge in [-0.3, -0.25) is 0 Å². The number of rotatable bonds is 6. The van der Waals surface area contributed by atoms with E-state index in [0.717, 1.165) is 5.56 Å². The Morgan fingerprint density at radius 2 is 1.90 bits per heavy atom. The average Bonchev–Trinajstić information content (AvgIpc) is 2.49. The van der Waals surface area contributed by atoms with E-state index in [9.17, 15) is 9.90 Å². The van der Waals surface area contributed by atoms with Crippen LogP contribution in [0, 0.1) is 0 Å². The van der Waals surface area contributed by atoms with Crippen LogP contribution in [0.2, 0.25) is 5.02 Å². The van der Waals surface area contributed by atoms with Crippen LogP contribution in [0.5, 0.6) is 11.5 Å². The Morgan fingerprint density at radius 3 is 2.52 bits per heavy atom. The van der Waals surface area contributed by atoms with Gasteiger partial charge in [0.1, 0.15) is 11.5 Å². The highest BCUT2D eigenvalue weighted by Crippen LogP contribution is 2.19. The van der Waals surface area contributed by atoms with Gasteiger partial charge in [-0.15, -0.1) is 0 Å². The quantitative estimate of drug-likeness (QED) is 0.888. The molecule has 0 aliphatic heterocycles. The maximum atomic E-state index is 11.3. The van der Waals surface area contributed by atoms with Gasteiger partial charge < -0.3 is 14.6 Å². The predicted molar refractivity (Wildman–Crippen MR) is 80.2 cm³/mol. The van der Waals surface area contributed by atoms with Gasteiger partial charge in [0.05, 0.1) is 7.11 Å². The van der Waals surface area contributed by atoms with Crippen molar-refractivity contribution in [2.24, 2.45) is 0 Å². The summed E-state index contributed by atoms with van der Waals surface area (Å²) in [6, 6.07) is 13.8. The van der Waals surface area contributed by atoms with Crippen molar-refractivity contribution < 1.29 is 19.4 Å². The van der Waals surface area contributed by atoms with Crippen LogP contribution in [0.3, 0.4) is 0 Å². The van der Waals surface area contributed by atoms with E-state index < -0.39 is 12.1 Å². The first-order valence-electron chi connectivity index (χ1n) is 6.36. The molecule has 0 aliphatic carbocycles. The number of methoxy groups -OCH3 is 1. The van der Waals surface area contributed by atoms with Gasteiger partial charge in [0.15, 0.2) is 6.10 Å². The molecule has 0 spiro atoms. The highest BCUT2D eigenvalue weighted by atomic mass is 35.5. The summed E-state index contributed by atoms with van der Waals surface area (Å²) in [5.41, 5.74) is 0.829. The van der Waals surface area contributed by atoms with Gasteiger partial charge in [0.2, 0.25) is 0 Å².